The second kappa shape index (κ2) is 10.2. The number of rotatable bonds is 5. The van der Waals surface area contributed by atoms with Crippen LogP contribution in [0.4, 0.5) is 11.4 Å². The molecule has 6 nitrogen and oxygen atoms in total. The zero-order valence-corrected chi connectivity index (χ0v) is 24.5. The van der Waals surface area contributed by atoms with Gasteiger partial charge in [0.05, 0.1) is 5.69 Å². The van der Waals surface area contributed by atoms with Gasteiger partial charge in [0.1, 0.15) is 21.8 Å². The summed E-state index contributed by atoms with van der Waals surface area (Å²) in [5, 5.41) is 5.83. The number of nitrogens with zero attached hydrogens (tertiary/aromatic N) is 3. The molecule has 1 unspecified atom stereocenters. The van der Waals surface area contributed by atoms with Crippen molar-refractivity contribution in [1.29, 1.82) is 0 Å². The summed E-state index contributed by atoms with van der Waals surface area (Å²) in [5.74, 6) is -1.07. The Bertz CT molecular complexity index is 2170. The minimum Gasteiger partial charge on any atom is -0.351 e. The molecule has 1 N–H and O–H groups in total. The predicted octanol–water partition coefficient (Wildman–Crippen LogP) is 8.34. The third-order valence-corrected chi connectivity index (χ3v) is 8.81. The Morgan fingerprint density at radius 3 is 1.90 bits per heavy atom. The van der Waals surface area contributed by atoms with E-state index in [1.807, 2.05) is 60.7 Å². The zero-order chi connectivity index (χ0) is 29.1. The number of aryl methyl sites for hydroxylation is 2. The number of Topliss-reactive ketones (excluding diaryl/α,β-unsaturated/α-hetero) is 2. The van der Waals surface area contributed by atoms with E-state index in [4.69, 9.17) is 23.2 Å². The highest BCUT2D eigenvalue weighted by Crippen LogP contribution is 2.35. The third-order valence-electron chi connectivity index (χ3n) is 8.05. The number of hydrogen-bond acceptors (Lipinski definition) is 4. The maximum Gasteiger partial charge on any atom is 0.222 e. The molecule has 2 aromatic heterocycles. The molecule has 0 bridgehead atoms. The Morgan fingerprint density at radius 2 is 1.29 bits per heavy atom. The number of carbonyl (C=O) groups excluding carboxylic acids is 2. The SMILES string of the molecule is CCn1c2ccccc2c2cc(N=C3C(=O)C(Cl)=C(Nc4ccc5c(c4)c4ccccc4n5CC)C(=O)C3Cl)ccc21. The smallest absolute Gasteiger partial charge is 0.222 e. The van der Waals surface area contributed by atoms with E-state index in [2.05, 4.69) is 57.6 Å². The van der Waals surface area contributed by atoms with Crippen LogP contribution in [0.1, 0.15) is 13.8 Å². The maximum atomic E-state index is 13.5. The molecule has 7 rings (SSSR count). The van der Waals surface area contributed by atoms with Crippen molar-refractivity contribution >= 4 is 95.5 Å². The highest BCUT2D eigenvalue weighted by atomic mass is 35.5. The summed E-state index contributed by atoms with van der Waals surface area (Å²) < 4.78 is 4.47. The number of fused-ring (bicyclic) bond motifs is 6. The number of alkyl halides is 1. The van der Waals surface area contributed by atoms with Crippen molar-refractivity contribution in [3.05, 3.63) is 95.7 Å². The van der Waals surface area contributed by atoms with Crippen LogP contribution in [0.3, 0.4) is 0 Å². The lowest BCUT2D eigenvalue weighted by Gasteiger charge is -2.21. The number of aliphatic imine (C=N–C) groups is 1. The molecule has 4 aromatic carbocycles. The fourth-order valence-corrected chi connectivity index (χ4v) is 6.63. The summed E-state index contributed by atoms with van der Waals surface area (Å²) in [6, 6.07) is 27.9. The van der Waals surface area contributed by atoms with Crippen LogP contribution in [0, 0.1) is 0 Å². The average Bonchev–Trinajstić information content (AvgIpc) is 3.52. The molecule has 42 heavy (non-hydrogen) atoms. The van der Waals surface area contributed by atoms with Crippen molar-refractivity contribution in [2.45, 2.75) is 32.3 Å². The third kappa shape index (κ3) is 3.97. The summed E-state index contributed by atoms with van der Waals surface area (Å²) in [6.45, 7) is 5.85. The van der Waals surface area contributed by atoms with Crippen LogP contribution < -0.4 is 5.32 Å². The van der Waals surface area contributed by atoms with Crippen LogP contribution in [0.25, 0.3) is 43.6 Å². The standard InChI is InChI=1S/C34H26Cl2N4O2/c1-3-39-25-11-7-5-9-21(25)23-17-19(13-15-27(23)39)37-31-29(35)34(42)32(30(36)33(31)41)38-20-14-16-28-24(18-20)22-10-6-8-12-26(22)40(28)4-2/h5-18,29,38H,3-4H2,1-2H3. The molecule has 0 saturated carbocycles. The van der Waals surface area contributed by atoms with E-state index in [1.165, 1.54) is 0 Å². The molecule has 0 spiro atoms. The zero-order valence-electron chi connectivity index (χ0n) is 23.0. The van der Waals surface area contributed by atoms with Crippen LogP contribution in [-0.4, -0.2) is 31.8 Å². The van der Waals surface area contributed by atoms with E-state index in [0.717, 1.165) is 56.7 Å². The largest absolute Gasteiger partial charge is 0.351 e. The van der Waals surface area contributed by atoms with E-state index in [1.54, 1.807) is 0 Å². The molecule has 2 heterocycles. The lowest BCUT2D eigenvalue weighted by molar-refractivity contribution is -0.116. The molecule has 0 radical (unpaired) electrons. The Morgan fingerprint density at radius 1 is 0.738 bits per heavy atom. The van der Waals surface area contributed by atoms with Crippen LogP contribution >= 0.6 is 23.2 Å². The minimum absolute atomic E-state index is 0.0272. The van der Waals surface area contributed by atoms with Gasteiger partial charge in [0.15, 0.2) is 0 Å². The Kier molecular flexibility index (Phi) is 6.41. The first-order valence-electron chi connectivity index (χ1n) is 13.9. The number of allylic oxidation sites excluding steroid dienone is 2. The van der Waals surface area contributed by atoms with Crippen LogP contribution in [-0.2, 0) is 22.7 Å². The van der Waals surface area contributed by atoms with Gasteiger partial charge in [-0.05, 0) is 62.4 Å². The van der Waals surface area contributed by atoms with Gasteiger partial charge in [0, 0.05) is 62.4 Å². The fraction of sp³-hybridized carbons (Fsp3) is 0.147. The molecule has 1 aliphatic rings. The van der Waals surface area contributed by atoms with Crippen molar-refractivity contribution in [1.82, 2.24) is 9.13 Å². The number of ketones is 2. The molecular formula is C34H26Cl2N4O2. The van der Waals surface area contributed by atoms with Gasteiger partial charge >= 0.3 is 0 Å². The van der Waals surface area contributed by atoms with Crippen molar-refractivity contribution in [3.63, 3.8) is 0 Å². The van der Waals surface area contributed by atoms with Gasteiger partial charge in [0.2, 0.25) is 11.6 Å². The lowest BCUT2D eigenvalue weighted by Crippen LogP contribution is -2.40. The number of nitrogens with one attached hydrogen (secondary N) is 1. The predicted molar refractivity (Wildman–Crippen MR) is 173 cm³/mol. The molecule has 0 saturated heterocycles. The van der Waals surface area contributed by atoms with Gasteiger partial charge in [0.25, 0.3) is 0 Å². The van der Waals surface area contributed by atoms with Crippen LogP contribution in [0.5, 0.6) is 0 Å². The summed E-state index contributed by atoms with van der Waals surface area (Å²) in [6.07, 6.45) is 0. The fourth-order valence-electron chi connectivity index (χ4n) is 6.13. The number of aromatic nitrogens is 2. The van der Waals surface area contributed by atoms with Gasteiger partial charge < -0.3 is 14.5 Å². The highest BCUT2D eigenvalue weighted by molar-refractivity contribution is 6.71. The van der Waals surface area contributed by atoms with E-state index < -0.39 is 16.9 Å². The van der Waals surface area contributed by atoms with Crippen molar-refractivity contribution in [2.75, 3.05) is 5.32 Å². The van der Waals surface area contributed by atoms with Gasteiger partial charge in [-0.1, -0.05) is 48.0 Å². The number of hydrogen-bond donors (Lipinski definition) is 1. The van der Waals surface area contributed by atoms with Crippen molar-refractivity contribution in [2.24, 2.45) is 4.99 Å². The molecule has 1 aliphatic carbocycles. The number of para-hydroxylation sites is 2. The highest BCUT2D eigenvalue weighted by Gasteiger charge is 2.39. The van der Waals surface area contributed by atoms with Gasteiger partial charge in [-0.25, -0.2) is 4.99 Å². The molecule has 0 fully saturated rings. The minimum atomic E-state index is -1.28. The van der Waals surface area contributed by atoms with Gasteiger partial charge in [-0.2, -0.15) is 0 Å². The average molecular weight is 594 g/mol. The van der Waals surface area contributed by atoms with Gasteiger partial charge in [-0.15, -0.1) is 11.6 Å². The molecular weight excluding hydrogens is 567 g/mol. The second-order valence-corrected chi connectivity index (χ2v) is 11.1. The lowest BCUT2D eigenvalue weighted by atomic mass is 9.98. The first kappa shape index (κ1) is 26.5. The van der Waals surface area contributed by atoms with Crippen LogP contribution in [0.15, 0.2) is 101 Å². The second-order valence-electron chi connectivity index (χ2n) is 10.3. The Labute approximate surface area is 251 Å². The number of anilines is 1. The van der Waals surface area contributed by atoms with Crippen molar-refractivity contribution in [3.8, 4) is 0 Å². The number of benzene rings is 4. The van der Waals surface area contributed by atoms with E-state index in [0.29, 0.717) is 11.4 Å². The Hall–Kier alpha value is -4.39. The number of halogens is 2. The van der Waals surface area contributed by atoms with E-state index in [-0.39, 0.29) is 16.4 Å². The molecule has 8 heteroatoms. The number of carbonyl (C=O) groups is 2. The first-order valence-corrected chi connectivity index (χ1v) is 14.7. The molecule has 1 atom stereocenters. The van der Waals surface area contributed by atoms with Gasteiger partial charge in [-0.3, -0.25) is 9.59 Å². The quantitative estimate of drug-likeness (QED) is 0.204. The van der Waals surface area contributed by atoms with Crippen molar-refractivity contribution < 1.29 is 9.59 Å². The maximum absolute atomic E-state index is 13.5. The molecule has 6 aromatic rings. The van der Waals surface area contributed by atoms with Crippen LogP contribution in [0.2, 0.25) is 0 Å². The first-order chi connectivity index (χ1) is 20.4. The summed E-state index contributed by atoms with van der Waals surface area (Å²) >= 11 is 13.1. The summed E-state index contributed by atoms with van der Waals surface area (Å²) in [4.78, 5) is 31.5. The molecule has 0 aliphatic heterocycles. The monoisotopic (exact) mass is 592 g/mol. The van der Waals surface area contributed by atoms with E-state index >= 15 is 0 Å². The Balaban J connectivity index is 1.26. The molecule has 208 valence electrons. The van der Waals surface area contributed by atoms with E-state index in [9.17, 15) is 9.59 Å². The molecule has 0 amide bonds. The summed E-state index contributed by atoms with van der Waals surface area (Å²) in [5.41, 5.74) is 5.46. The normalized spacial score (nSPS) is 17.0. The summed E-state index contributed by atoms with van der Waals surface area (Å²) in [7, 11) is 0. The topological polar surface area (TPSA) is 68.4 Å².